The Balaban J connectivity index is 1.78. The van der Waals surface area contributed by atoms with Gasteiger partial charge in [0.1, 0.15) is 11.5 Å². The minimum atomic E-state index is -0.893. The van der Waals surface area contributed by atoms with Crippen molar-refractivity contribution >= 4 is 22.7 Å². The van der Waals surface area contributed by atoms with Crippen LogP contribution < -0.4 is 0 Å². The van der Waals surface area contributed by atoms with Gasteiger partial charge in [0.25, 0.3) is 0 Å². The summed E-state index contributed by atoms with van der Waals surface area (Å²) in [5, 5.41) is 2.14. The summed E-state index contributed by atoms with van der Waals surface area (Å²) in [7, 11) is 2.66. The summed E-state index contributed by atoms with van der Waals surface area (Å²) in [6.07, 6.45) is 1.24. The Hall–Kier alpha value is -2.82. The van der Waals surface area contributed by atoms with Gasteiger partial charge in [-0.3, -0.25) is 4.79 Å². The van der Waals surface area contributed by atoms with E-state index in [-0.39, 0.29) is 17.6 Å². The van der Waals surface area contributed by atoms with Crippen molar-refractivity contribution in [2.24, 2.45) is 5.92 Å². The van der Waals surface area contributed by atoms with Crippen molar-refractivity contribution in [2.45, 2.75) is 11.5 Å². The molecule has 0 spiro atoms. The topological polar surface area (TPSA) is 61.8 Å². The van der Waals surface area contributed by atoms with Crippen LogP contribution in [0, 0.1) is 5.92 Å². The zero-order valence-electron chi connectivity index (χ0n) is 13.3. The van der Waals surface area contributed by atoms with E-state index in [4.69, 9.17) is 9.47 Å². The fourth-order valence-electron chi connectivity index (χ4n) is 3.67. The molecular weight excluding hydrogens is 308 g/mol. The molecule has 0 unspecified atom stereocenters. The van der Waals surface area contributed by atoms with Crippen molar-refractivity contribution in [3.8, 4) is 0 Å². The Morgan fingerprint density at radius 2 is 1.79 bits per heavy atom. The third kappa shape index (κ3) is 1.81. The van der Waals surface area contributed by atoms with Crippen molar-refractivity contribution in [1.82, 2.24) is 0 Å². The third-order valence-corrected chi connectivity index (χ3v) is 4.91. The second kappa shape index (κ2) is 5.09. The predicted molar refractivity (Wildman–Crippen MR) is 86.1 cm³/mol. The van der Waals surface area contributed by atoms with Crippen LogP contribution in [-0.4, -0.2) is 32.3 Å². The van der Waals surface area contributed by atoms with Gasteiger partial charge in [0.15, 0.2) is 0 Å². The molecule has 0 bridgehead atoms. The number of hydrogen-bond donors (Lipinski definition) is 0. The standard InChI is InChI=1S/C19H16O5/c1-22-17(20)15-10-14-16(24-15)19(14,18(21)23-2)13-8-7-11-5-3-4-6-12(11)9-13/h3-10,14,16H,1-2H3/t14-,16+,19+/m1/s1. The summed E-state index contributed by atoms with van der Waals surface area (Å²) in [6, 6.07) is 13.8. The average Bonchev–Trinajstić information content (AvgIpc) is 3.02. The molecule has 5 heteroatoms. The Labute approximate surface area is 138 Å². The van der Waals surface area contributed by atoms with E-state index in [2.05, 4.69) is 4.74 Å². The van der Waals surface area contributed by atoms with Gasteiger partial charge >= 0.3 is 11.9 Å². The molecule has 2 aromatic carbocycles. The normalized spacial score (nSPS) is 27.0. The zero-order valence-corrected chi connectivity index (χ0v) is 13.3. The minimum absolute atomic E-state index is 0.160. The van der Waals surface area contributed by atoms with Gasteiger partial charge in [-0.05, 0) is 28.5 Å². The molecule has 0 aromatic heterocycles. The first-order valence-electron chi connectivity index (χ1n) is 7.67. The molecule has 2 aromatic rings. The van der Waals surface area contributed by atoms with E-state index in [1.165, 1.54) is 14.2 Å². The molecule has 2 aliphatic rings. The second-order valence-corrected chi connectivity index (χ2v) is 6.01. The fraction of sp³-hybridized carbons (Fsp3) is 0.263. The molecule has 0 N–H and O–H groups in total. The van der Waals surface area contributed by atoms with Crippen molar-refractivity contribution in [3.05, 3.63) is 59.9 Å². The Morgan fingerprint density at radius 3 is 2.42 bits per heavy atom. The summed E-state index contributed by atoms with van der Waals surface area (Å²) in [5.74, 6) is -0.944. The maximum absolute atomic E-state index is 12.5. The highest BCUT2D eigenvalue weighted by atomic mass is 16.6. The van der Waals surface area contributed by atoms with E-state index in [9.17, 15) is 9.59 Å². The monoisotopic (exact) mass is 324 g/mol. The summed E-state index contributed by atoms with van der Waals surface area (Å²) in [6.45, 7) is 0. The lowest BCUT2D eigenvalue weighted by Crippen LogP contribution is -2.30. The van der Waals surface area contributed by atoms with Crippen molar-refractivity contribution in [2.75, 3.05) is 14.2 Å². The van der Waals surface area contributed by atoms with Gasteiger partial charge in [-0.15, -0.1) is 0 Å². The van der Waals surface area contributed by atoms with E-state index in [1.807, 2.05) is 42.5 Å². The fourth-order valence-corrected chi connectivity index (χ4v) is 3.67. The molecule has 24 heavy (non-hydrogen) atoms. The maximum atomic E-state index is 12.5. The van der Waals surface area contributed by atoms with Crippen molar-refractivity contribution in [3.63, 3.8) is 0 Å². The third-order valence-electron chi connectivity index (χ3n) is 4.91. The number of rotatable bonds is 3. The molecule has 122 valence electrons. The highest BCUT2D eigenvalue weighted by Gasteiger charge is 2.75. The highest BCUT2D eigenvalue weighted by molar-refractivity contribution is 5.95. The van der Waals surface area contributed by atoms with E-state index in [0.29, 0.717) is 0 Å². The molecule has 1 saturated carbocycles. The molecule has 3 atom stereocenters. The molecule has 0 radical (unpaired) electrons. The minimum Gasteiger partial charge on any atom is -0.481 e. The molecular formula is C19H16O5. The summed E-state index contributed by atoms with van der Waals surface area (Å²) in [5.41, 5.74) is -0.0562. The number of hydrogen-bond acceptors (Lipinski definition) is 5. The van der Waals surface area contributed by atoms with E-state index in [1.54, 1.807) is 6.08 Å². The number of carbonyl (C=O) groups is 2. The Bertz CT molecular complexity index is 884. The number of ether oxygens (including phenoxy) is 3. The summed E-state index contributed by atoms with van der Waals surface area (Å²) >= 11 is 0. The smallest absolute Gasteiger partial charge is 0.372 e. The number of esters is 2. The van der Waals surface area contributed by atoms with Gasteiger partial charge in [0, 0.05) is 5.92 Å². The van der Waals surface area contributed by atoms with Gasteiger partial charge in [0.05, 0.1) is 14.2 Å². The van der Waals surface area contributed by atoms with Gasteiger partial charge in [-0.1, -0.05) is 36.4 Å². The van der Waals surface area contributed by atoms with E-state index in [0.717, 1.165) is 16.3 Å². The number of methoxy groups -OCH3 is 2. The molecule has 1 fully saturated rings. The molecule has 4 rings (SSSR count). The predicted octanol–water partition coefficient (Wildman–Crippen LogP) is 2.34. The van der Waals surface area contributed by atoms with Crippen LogP contribution in [0.2, 0.25) is 0 Å². The molecule has 5 nitrogen and oxygen atoms in total. The molecule has 1 aliphatic heterocycles. The van der Waals surface area contributed by atoms with E-state index >= 15 is 0 Å². The first-order chi connectivity index (χ1) is 11.6. The van der Waals surface area contributed by atoms with Crippen LogP contribution >= 0.6 is 0 Å². The Morgan fingerprint density at radius 1 is 1.04 bits per heavy atom. The summed E-state index contributed by atoms with van der Waals surface area (Å²) in [4.78, 5) is 24.2. The van der Waals surface area contributed by atoms with Gasteiger partial charge in [-0.2, -0.15) is 0 Å². The van der Waals surface area contributed by atoms with Crippen molar-refractivity contribution < 1.29 is 23.8 Å². The van der Waals surface area contributed by atoms with Gasteiger partial charge < -0.3 is 14.2 Å². The number of fused-ring (bicyclic) bond motifs is 2. The van der Waals surface area contributed by atoms with Crippen LogP contribution in [0.3, 0.4) is 0 Å². The molecule has 0 amide bonds. The molecule has 0 saturated heterocycles. The molecule has 1 heterocycles. The number of carbonyl (C=O) groups excluding carboxylic acids is 2. The van der Waals surface area contributed by atoms with Gasteiger partial charge in [-0.25, -0.2) is 4.79 Å². The first kappa shape index (κ1) is 14.8. The lowest BCUT2D eigenvalue weighted by molar-refractivity contribution is -0.147. The maximum Gasteiger partial charge on any atom is 0.372 e. The first-order valence-corrected chi connectivity index (χ1v) is 7.67. The van der Waals surface area contributed by atoms with Crippen LogP contribution in [0.5, 0.6) is 0 Å². The Kier molecular flexibility index (Phi) is 3.13. The SMILES string of the molecule is COC(=O)C1=C[C@@H]2[C@H](O1)[C@]2(C(=O)OC)c1ccc2ccccc2c1. The number of benzene rings is 2. The zero-order chi connectivity index (χ0) is 16.9. The van der Waals surface area contributed by atoms with Gasteiger partial charge in [0.2, 0.25) is 5.76 Å². The highest BCUT2D eigenvalue weighted by Crippen LogP contribution is 2.62. The second-order valence-electron chi connectivity index (χ2n) is 6.01. The average molecular weight is 324 g/mol. The summed E-state index contributed by atoms with van der Waals surface area (Å²) < 4.78 is 15.4. The lowest BCUT2D eigenvalue weighted by atomic mass is 9.90. The van der Waals surface area contributed by atoms with Crippen LogP contribution in [0.1, 0.15) is 5.56 Å². The van der Waals surface area contributed by atoms with Crippen LogP contribution in [-0.2, 0) is 29.2 Å². The quantitative estimate of drug-likeness (QED) is 0.811. The van der Waals surface area contributed by atoms with E-state index < -0.39 is 17.5 Å². The lowest BCUT2D eigenvalue weighted by Gasteiger charge is -2.19. The largest absolute Gasteiger partial charge is 0.481 e. The molecule has 1 aliphatic carbocycles. The van der Waals surface area contributed by atoms with Crippen LogP contribution in [0.25, 0.3) is 10.8 Å². The van der Waals surface area contributed by atoms with Crippen LogP contribution in [0.15, 0.2) is 54.3 Å². The van der Waals surface area contributed by atoms with Crippen LogP contribution in [0.4, 0.5) is 0 Å². The van der Waals surface area contributed by atoms with Crippen molar-refractivity contribution in [1.29, 1.82) is 0 Å².